The molecule has 8 heteroatoms. The van der Waals surface area contributed by atoms with E-state index in [1.54, 1.807) is 13.2 Å². The molecule has 2 unspecified atom stereocenters. The summed E-state index contributed by atoms with van der Waals surface area (Å²) in [6.45, 7) is 0. The van der Waals surface area contributed by atoms with E-state index in [4.69, 9.17) is 28.6 Å². The van der Waals surface area contributed by atoms with Gasteiger partial charge in [-0.05, 0) is 42.4 Å². The molecule has 2 aromatic carbocycles. The van der Waals surface area contributed by atoms with Gasteiger partial charge in [-0.15, -0.1) is 0 Å². The van der Waals surface area contributed by atoms with Crippen molar-refractivity contribution in [3.8, 4) is 11.4 Å². The molecule has 2 heterocycles. The molecule has 1 aromatic heterocycles. The standard InChI is InChI=1S/C18H18ClN5OS/c1-25-16-8-7-12(19)9-15(16)24-17(22-23-18(24)26)14-10-13(20-21-14)11-5-3-2-4-6-11/h2-9,13-14,20-21H,10H2,1H3,(H,23,26). The van der Waals surface area contributed by atoms with E-state index in [1.165, 1.54) is 5.56 Å². The van der Waals surface area contributed by atoms with Crippen LogP contribution < -0.4 is 15.6 Å². The number of aromatic amines is 1. The van der Waals surface area contributed by atoms with E-state index in [1.807, 2.05) is 34.9 Å². The first-order chi connectivity index (χ1) is 12.7. The summed E-state index contributed by atoms with van der Waals surface area (Å²) in [7, 11) is 1.62. The highest BCUT2D eigenvalue weighted by atomic mass is 35.5. The molecule has 0 saturated carbocycles. The Kier molecular flexibility index (Phi) is 4.78. The maximum atomic E-state index is 6.20. The van der Waals surface area contributed by atoms with Gasteiger partial charge in [0.1, 0.15) is 5.75 Å². The molecule has 3 aromatic rings. The van der Waals surface area contributed by atoms with Crippen molar-refractivity contribution in [3.63, 3.8) is 0 Å². The van der Waals surface area contributed by atoms with E-state index in [-0.39, 0.29) is 12.1 Å². The number of benzene rings is 2. The third-order valence-electron chi connectivity index (χ3n) is 4.50. The van der Waals surface area contributed by atoms with Gasteiger partial charge in [0.25, 0.3) is 0 Å². The minimum absolute atomic E-state index is 0.0168. The van der Waals surface area contributed by atoms with Gasteiger partial charge in [-0.25, -0.2) is 10.9 Å². The monoisotopic (exact) mass is 387 g/mol. The third kappa shape index (κ3) is 3.14. The Bertz CT molecular complexity index is 971. The van der Waals surface area contributed by atoms with Crippen molar-refractivity contribution in [3.05, 3.63) is 69.7 Å². The minimum atomic E-state index is -0.0168. The molecule has 0 bridgehead atoms. The maximum absolute atomic E-state index is 6.20. The van der Waals surface area contributed by atoms with E-state index >= 15 is 0 Å². The molecule has 0 amide bonds. The second-order valence-electron chi connectivity index (χ2n) is 6.08. The fraction of sp³-hybridized carbons (Fsp3) is 0.222. The number of halogens is 1. The van der Waals surface area contributed by atoms with Crippen LogP contribution in [0.15, 0.2) is 48.5 Å². The number of nitrogens with one attached hydrogen (secondary N) is 3. The first-order valence-corrected chi connectivity index (χ1v) is 9.03. The van der Waals surface area contributed by atoms with Gasteiger partial charge in [0.15, 0.2) is 10.6 Å². The van der Waals surface area contributed by atoms with Crippen LogP contribution in [-0.4, -0.2) is 21.9 Å². The Balaban J connectivity index is 1.70. The minimum Gasteiger partial charge on any atom is -0.495 e. The van der Waals surface area contributed by atoms with Gasteiger partial charge in [0.2, 0.25) is 0 Å². The quantitative estimate of drug-likeness (QED) is 0.593. The fourth-order valence-corrected chi connectivity index (χ4v) is 3.65. The Labute approximate surface area is 161 Å². The van der Waals surface area contributed by atoms with Gasteiger partial charge in [-0.2, -0.15) is 5.10 Å². The Morgan fingerprint density at radius 2 is 1.92 bits per heavy atom. The van der Waals surface area contributed by atoms with Crippen LogP contribution in [0.5, 0.6) is 5.75 Å². The molecule has 1 fully saturated rings. The van der Waals surface area contributed by atoms with Crippen LogP contribution >= 0.6 is 23.8 Å². The van der Waals surface area contributed by atoms with Crippen LogP contribution in [0.2, 0.25) is 5.02 Å². The van der Waals surface area contributed by atoms with Crippen molar-refractivity contribution in [1.82, 2.24) is 25.6 Å². The lowest BCUT2D eigenvalue weighted by molar-refractivity contribution is 0.411. The highest BCUT2D eigenvalue weighted by molar-refractivity contribution is 7.71. The van der Waals surface area contributed by atoms with Crippen LogP contribution in [0.1, 0.15) is 29.9 Å². The summed E-state index contributed by atoms with van der Waals surface area (Å²) >= 11 is 11.7. The molecule has 134 valence electrons. The lowest BCUT2D eigenvalue weighted by atomic mass is 10.0. The Morgan fingerprint density at radius 3 is 2.69 bits per heavy atom. The van der Waals surface area contributed by atoms with Gasteiger partial charge in [0, 0.05) is 11.1 Å². The summed E-state index contributed by atoms with van der Waals surface area (Å²) in [6.07, 6.45) is 0.840. The number of nitrogens with zero attached hydrogens (tertiary/aromatic N) is 2. The van der Waals surface area contributed by atoms with Crippen LogP contribution in [0.25, 0.3) is 5.69 Å². The van der Waals surface area contributed by atoms with E-state index in [0.717, 1.165) is 17.9 Å². The molecule has 1 aliphatic heterocycles. The van der Waals surface area contributed by atoms with Crippen molar-refractivity contribution in [2.24, 2.45) is 0 Å². The normalized spacial score (nSPS) is 19.6. The van der Waals surface area contributed by atoms with Crippen LogP contribution in [0.3, 0.4) is 0 Å². The van der Waals surface area contributed by atoms with E-state index in [2.05, 4.69) is 33.2 Å². The number of hydrazine groups is 1. The number of hydrogen-bond acceptors (Lipinski definition) is 5. The largest absolute Gasteiger partial charge is 0.495 e. The molecule has 2 atom stereocenters. The molecule has 4 rings (SSSR count). The summed E-state index contributed by atoms with van der Waals surface area (Å²) < 4.78 is 7.84. The van der Waals surface area contributed by atoms with E-state index in [9.17, 15) is 0 Å². The highest BCUT2D eigenvalue weighted by Crippen LogP contribution is 2.33. The molecular formula is C18H18ClN5OS. The van der Waals surface area contributed by atoms with Crippen molar-refractivity contribution in [2.75, 3.05) is 7.11 Å². The molecular weight excluding hydrogens is 370 g/mol. The van der Waals surface area contributed by atoms with Crippen LogP contribution in [-0.2, 0) is 0 Å². The molecule has 0 spiro atoms. The Hall–Kier alpha value is -2.19. The SMILES string of the molecule is COc1ccc(Cl)cc1-n1c(C2CC(c3ccccc3)NN2)n[nH]c1=S. The second kappa shape index (κ2) is 7.20. The van der Waals surface area contributed by atoms with E-state index < -0.39 is 0 Å². The summed E-state index contributed by atoms with van der Waals surface area (Å²) in [4.78, 5) is 0. The van der Waals surface area contributed by atoms with Crippen molar-refractivity contribution >= 4 is 23.8 Å². The zero-order valence-corrected chi connectivity index (χ0v) is 15.6. The van der Waals surface area contributed by atoms with Gasteiger partial charge in [-0.3, -0.25) is 9.67 Å². The van der Waals surface area contributed by atoms with Gasteiger partial charge >= 0.3 is 0 Å². The molecule has 6 nitrogen and oxygen atoms in total. The summed E-state index contributed by atoms with van der Waals surface area (Å²) in [6, 6.07) is 15.9. The lowest BCUT2D eigenvalue weighted by Gasteiger charge is -2.15. The second-order valence-corrected chi connectivity index (χ2v) is 6.90. The van der Waals surface area contributed by atoms with Gasteiger partial charge in [-0.1, -0.05) is 41.9 Å². The number of ether oxygens (including phenoxy) is 1. The molecule has 1 saturated heterocycles. The molecule has 0 aliphatic carbocycles. The molecule has 1 aliphatic rings. The number of hydrogen-bond donors (Lipinski definition) is 3. The number of aromatic nitrogens is 3. The zero-order valence-electron chi connectivity index (χ0n) is 14.1. The maximum Gasteiger partial charge on any atom is 0.200 e. The first kappa shape index (κ1) is 17.2. The van der Waals surface area contributed by atoms with Gasteiger partial charge < -0.3 is 4.74 Å². The Morgan fingerprint density at radius 1 is 1.15 bits per heavy atom. The third-order valence-corrected chi connectivity index (χ3v) is 5.01. The van der Waals surface area contributed by atoms with Crippen LogP contribution in [0.4, 0.5) is 0 Å². The average Bonchev–Trinajstić information content (AvgIpc) is 3.29. The predicted molar refractivity (Wildman–Crippen MR) is 103 cm³/mol. The number of rotatable bonds is 4. The zero-order chi connectivity index (χ0) is 18.1. The predicted octanol–water partition coefficient (Wildman–Crippen LogP) is 3.87. The topological polar surface area (TPSA) is 66.9 Å². The van der Waals surface area contributed by atoms with Crippen molar-refractivity contribution in [1.29, 1.82) is 0 Å². The summed E-state index contributed by atoms with van der Waals surface area (Å²) in [5.74, 6) is 1.46. The molecule has 3 N–H and O–H groups in total. The first-order valence-electron chi connectivity index (χ1n) is 8.24. The van der Waals surface area contributed by atoms with Crippen molar-refractivity contribution < 1.29 is 4.74 Å². The smallest absolute Gasteiger partial charge is 0.200 e. The summed E-state index contributed by atoms with van der Waals surface area (Å²) in [5, 5.41) is 7.95. The number of H-pyrrole nitrogens is 1. The fourth-order valence-electron chi connectivity index (χ4n) is 3.24. The average molecular weight is 388 g/mol. The van der Waals surface area contributed by atoms with Crippen molar-refractivity contribution in [2.45, 2.75) is 18.5 Å². The number of methoxy groups -OCH3 is 1. The van der Waals surface area contributed by atoms with Gasteiger partial charge in [0.05, 0.1) is 18.8 Å². The van der Waals surface area contributed by atoms with E-state index in [0.29, 0.717) is 15.5 Å². The molecule has 0 radical (unpaired) electrons. The molecule has 26 heavy (non-hydrogen) atoms. The highest BCUT2D eigenvalue weighted by Gasteiger charge is 2.30. The lowest BCUT2D eigenvalue weighted by Crippen LogP contribution is -2.28. The van der Waals surface area contributed by atoms with Crippen LogP contribution in [0, 0.1) is 4.77 Å². The summed E-state index contributed by atoms with van der Waals surface area (Å²) in [5.41, 5.74) is 8.65.